The van der Waals surface area contributed by atoms with Crippen molar-refractivity contribution in [1.82, 2.24) is 25.2 Å². The van der Waals surface area contributed by atoms with E-state index in [-0.39, 0.29) is 67.5 Å². The Bertz CT molecular complexity index is 2580. The van der Waals surface area contributed by atoms with Crippen LogP contribution in [0.25, 0.3) is 16.8 Å². The third-order valence-electron chi connectivity index (χ3n) is 10.9. The van der Waals surface area contributed by atoms with Gasteiger partial charge in [0, 0.05) is 48.1 Å². The summed E-state index contributed by atoms with van der Waals surface area (Å²) in [5.74, 6) is -3.34. The molecule has 8 rings (SSSR count). The lowest BCUT2D eigenvalue weighted by Gasteiger charge is -2.32. The summed E-state index contributed by atoms with van der Waals surface area (Å²) >= 11 is 0. The molecule has 3 saturated heterocycles. The molecule has 3 N–H and O–H groups in total. The van der Waals surface area contributed by atoms with Gasteiger partial charge in [0.2, 0.25) is 17.7 Å². The molecule has 18 heteroatoms. The highest BCUT2D eigenvalue weighted by molar-refractivity contribution is 7.92. The molecule has 4 aliphatic rings. The molecule has 1 atom stereocenters. The van der Waals surface area contributed by atoms with Gasteiger partial charge in [0.25, 0.3) is 17.7 Å². The van der Waals surface area contributed by atoms with E-state index in [9.17, 15) is 37.2 Å². The Morgan fingerprint density at radius 2 is 1.67 bits per heavy atom. The molecule has 16 nitrogen and oxygen atoms in total. The van der Waals surface area contributed by atoms with Crippen molar-refractivity contribution in [2.75, 3.05) is 30.5 Å². The number of nitrogens with zero attached hydrogens (tertiary/aromatic N) is 3. The van der Waals surface area contributed by atoms with Gasteiger partial charge in [-0.3, -0.25) is 34.1 Å². The average molecular weight is 839 g/mol. The summed E-state index contributed by atoms with van der Waals surface area (Å²) in [7, 11) is -4.38. The molecule has 4 aromatic carbocycles. The number of ether oxygens (including phenoxy) is 2. The fourth-order valence-electron chi connectivity index (χ4n) is 7.78. The first kappa shape index (κ1) is 40.0. The van der Waals surface area contributed by atoms with Gasteiger partial charge in [-0.1, -0.05) is 48.5 Å². The molecule has 0 aliphatic carbocycles. The Kier molecular flexibility index (Phi) is 11.0. The molecule has 0 saturated carbocycles. The van der Waals surface area contributed by atoms with Crippen molar-refractivity contribution >= 4 is 68.2 Å². The largest absolute Gasteiger partial charge is 0.487 e. The lowest BCUT2D eigenvalue weighted by atomic mass is 10.0. The van der Waals surface area contributed by atoms with Gasteiger partial charge in [-0.2, -0.15) is 8.42 Å². The number of rotatable bonds is 11. The van der Waals surface area contributed by atoms with Gasteiger partial charge < -0.3 is 24.6 Å². The fourth-order valence-corrected chi connectivity index (χ4v) is 8.94. The van der Waals surface area contributed by atoms with Gasteiger partial charge in [-0.25, -0.2) is 13.4 Å². The SMILES string of the molecule is O=C(/C=C/c1ccc2cc(OCc3ccccc3)c(N3CC(=O)NS3(=O)=O)c(F)c2c1)NC1CCN(C(=O)COc2cccc3c2CN(C2CCC(=O)NC2=O)C3=O)CC1. The van der Waals surface area contributed by atoms with Crippen LogP contribution in [0.4, 0.5) is 10.1 Å². The van der Waals surface area contributed by atoms with Crippen LogP contribution in [0.2, 0.25) is 0 Å². The number of carbonyl (C=O) groups is 6. The highest BCUT2D eigenvalue weighted by Crippen LogP contribution is 2.40. The fraction of sp³-hybridized carbons (Fsp3) is 0.286. The maximum atomic E-state index is 16.4. The molecule has 0 aromatic heterocycles. The number of piperidine rings is 2. The van der Waals surface area contributed by atoms with Gasteiger partial charge >= 0.3 is 10.2 Å². The highest BCUT2D eigenvalue weighted by atomic mass is 32.2. The van der Waals surface area contributed by atoms with Crippen LogP contribution in [0, 0.1) is 5.82 Å². The number of anilines is 1. The van der Waals surface area contributed by atoms with E-state index in [0.717, 1.165) is 5.56 Å². The number of halogens is 1. The second-order valence-corrected chi connectivity index (χ2v) is 16.4. The minimum absolute atomic E-state index is 0.0174. The molecule has 0 bridgehead atoms. The number of carbonyl (C=O) groups excluding carboxylic acids is 6. The number of amides is 6. The molecular formula is C42H39FN6O10S. The molecule has 4 aliphatic heterocycles. The monoisotopic (exact) mass is 838 g/mol. The molecule has 60 heavy (non-hydrogen) atoms. The van der Waals surface area contributed by atoms with E-state index in [1.807, 2.05) is 10.8 Å². The summed E-state index contributed by atoms with van der Waals surface area (Å²) in [6, 6.07) is 19.3. The molecule has 6 amide bonds. The third-order valence-corrected chi connectivity index (χ3v) is 12.2. The maximum absolute atomic E-state index is 16.4. The third kappa shape index (κ3) is 8.22. The van der Waals surface area contributed by atoms with Gasteiger partial charge in [0.05, 0.1) is 6.54 Å². The normalized spacial score (nSPS) is 19.1. The summed E-state index contributed by atoms with van der Waals surface area (Å²) in [4.78, 5) is 78.4. The maximum Gasteiger partial charge on any atom is 0.326 e. The Morgan fingerprint density at radius 3 is 2.40 bits per heavy atom. The minimum Gasteiger partial charge on any atom is -0.487 e. The zero-order valence-electron chi connectivity index (χ0n) is 32.0. The quantitative estimate of drug-likeness (QED) is 0.149. The van der Waals surface area contributed by atoms with E-state index >= 15 is 4.39 Å². The van der Waals surface area contributed by atoms with E-state index in [0.29, 0.717) is 58.1 Å². The predicted molar refractivity (Wildman–Crippen MR) is 214 cm³/mol. The van der Waals surface area contributed by atoms with Crippen LogP contribution in [-0.4, -0.2) is 92.0 Å². The van der Waals surface area contributed by atoms with Gasteiger partial charge in [-0.05, 0) is 66.1 Å². The summed E-state index contributed by atoms with van der Waals surface area (Å²) in [6.07, 6.45) is 4.13. The van der Waals surface area contributed by atoms with Crippen LogP contribution in [0.3, 0.4) is 0 Å². The van der Waals surface area contributed by atoms with Crippen LogP contribution in [0.1, 0.15) is 52.7 Å². The summed E-state index contributed by atoms with van der Waals surface area (Å²) < 4.78 is 56.3. The molecule has 4 heterocycles. The summed E-state index contributed by atoms with van der Waals surface area (Å²) in [5, 5.41) is 5.67. The van der Waals surface area contributed by atoms with Crippen molar-refractivity contribution in [2.24, 2.45) is 0 Å². The van der Waals surface area contributed by atoms with Gasteiger partial charge in [0.1, 0.15) is 36.4 Å². The number of hydrogen-bond donors (Lipinski definition) is 3. The van der Waals surface area contributed by atoms with Crippen molar-refractivity contribution in [1.29, 1.82) is 0 Å². The second-order valence-electron chi connectivity index (χ2n) is 14.8. The predicted octanol–water partition coefficient (Wildman–Crippen LogP) is 2.70. The van der Waals surface area contributed by atoms with Crippen molar-refractivity contribution < 1.29 is 51.0 Å². The topological polar surface area (TPSA) is 201 Å². The van der Waals surface area contributed by atoms with Crippen molar-refractivity contribution in [3.8, 4) is 11.5 Å². The van der Waals surface area contributed by atoms with E-state index in [1.165, 1.54) is 29.2 Å². The number of hydrogen-bond acceptors (Lipinski definition) is 10. The zero-order chi connectivity index (χ0) is 42.1. The van der Waals surface area contributed by atoms with Crippen LogP contribution in [0.15, 0.2) is 78.9 Å². The number of fused-ring (bicyclic) bond motifs is 2. The number of benzene rings is 4. The lowest BCUT2D eigenvalue weighted by molar-refractivity contribution is -0.137. The minimum atomic E-state index is -4.38. The Labute approximate surface area is 343 Å². The molecule has 310 valence electrons. The zero-order valence-corrected chi connectivity index (χ0v) is 32.8. The van der Waals surface area contributed by atoms with E-state index in [4.69, 9.17) is 9.47 Å². The standard InChI is InChI=1S/C42H39FN6O10S/c43-39-30-19-25(9-11-27(30)20-34(58-23-26-5-2-1-3-6-26)40(39)49-22-37(52)46-60(49,56)57)10-13-35(50)44-28-15-17-47(18-16-28)38(53)24-59-33-8-4-7-29-31(33)21-48(42(29)55)32-12-14-36(51)45-41(32)54/h1-11,13,19-20,28,32H,12,14-18,21-24H2,(H,44,50)(H,46,52)(H,45,51,54)/b13-10+. The van der Waals surface area contributed by atoms with Crippen LogP contribution in [-0.2, 0) is 47.3 Å². The van der Waals surface area contributed by atoms with Crippen molar-refractivity contribution in [2.45, 2.75) is 50.9 Å². The molecule has 0 spiro atoms. The number of nitrogens with one attached hydrogen (secondary N) is 3. The summed E-state index contributed by atoms with van der Waals surface area (Å²) in [6.45, 7) is -0.0438. The molecule has 3 fully saturated rings. The molecular weight excluding hydrogens is 800 g/mol. The Morgan fingerprint density at radius 1 is 0.883 bits per heavy atom. The van der Waals surface area contributed by atoms with E-state index in [1.54, 1.807) is 59.5 Å². The Balaban J connectivity index is 0.867. The van der Waals surface area contributed by atoms with Crippen LogP contribution < -0.4 is 29.1 Å². The van der Waals surface area contributed by atoms with E-state index < -0.39 is 52.0 Å². The van der Waals surface area contributed by atoms with Gasteiger partial charge in [-0.15, -0.1) is 0 Å². The average Bonchev–Trinajstić information content (AvgIpc) is 3.71. The molecule has 4 aromatic rings. The number of imide groups is 1. The smallest absolute Gasteiger partial charge is 0.326 e. The number of likely N-dealkylation sites (tertiary alicyclic amines) is 1. The van der Waals surface area contributed by atoms with Crippen LogP contribution in [0.5, 0.6) is 11.5 Å². The van der Waals surface area contributed by atoms with E-state index in [2.05, 4.69) is 10.6 Å². The molecule has 1 unspecified atom stereocenters. The Hall–Kier alpha value is -6.82. The molecule has 0 radical (unpaired) electrons. The van der Waals surface area contributed by atoms with Crippen molar-refractivity contribution in [3.63, 3.8) is 0 Å². The first-order chi connectivity index (χ1) is 28.8. The highest BCUT2D eigenvalue weighted by Gasteiger charge is 2.41. The second kappa shape index (κ2) is 16.4. The summed E-state index contributed by atoms with van der Waals surface area (Å²) in [5.41, 5.74) is 1.75. The first-order valence-corrected chi connectivity index (χ1v) is 20.7. The van der Waals surface area contributed by atoms with Gasteiger partial charge in [0.15, 0.2) is 12.4 Å². The lowest BCUT2D eigenvalue weighted by Crippen LogP contribution is -2.52. The van der Waals surface area contributed by atoms with Crippen molar-refractivity contribution in [3.05, 3.63) is 107 Å². The van der Waals surface area contributed by atoms with Crippen LogP contribution >= 0.6 is 0 Å². The first-order valence-electron chi connectivity index (χ1n) is 19.3.